The van der Waals surface area contributed by atoms with Crippen LogP contribution in [0, 0.1) is 0 Å². The molecular weight excluding hydrogens is 415 g/mol. The van der Waals surface area contributed by atoms with Crippen molar-refractivity contribution >= 4 is 33.1 Å². The molecule has 2 N–H and O–H groups in total. The third-order valence-electron chi connectivity index (χ3n) is 4.67. The summed E-state index contributed by atoms with van der Waals surface area (Å²) >= 11 is 1.50. The Kier molecular flexibility index (Phi) is 6.43. The van der Waals surface area contributed by atoms with E-state index in [0.717, 1.165) is 20.8 Å². The van der Waals surface area contributed by atoms with E-state index < -0.39 is 0 Å². The van der Waals surface area contributed by atoms with E-state index in [4.69, 9.17) is 4.74 Å². The van der Waals surface area contributed by atoms with Crippen LogP contribution in [0.5, 0.6) is 11.5 Å². The van der Waals surface area contributed by atoms with Crippen molar-refractivity contribution in [1.29, 1.82) is 0 Å². The molecule has 1 heterocycles. The number of fused-ring (bicyclic) bond motifs is 1. The second-order valence-corrected chi connectivity index (χ2v) is 8.00. The Morgan fingerprint density at radius 1 is 1.03 bits per heavy atom. The number of carbonyl (C=O) groups is 1. The van der Waals surface area contributed by atoms with Crippen LogP contribution in [0.15, 0.2) is 66.7 Å². The average molecular weight is 437 g/mol. The van der Waals surface area contributed by atoms with Crippen LogP contribution < -0.4 is 10.1 Å². The van der Waals surface area contributed by atoms with E-state index in [1.54, 1.807) is 42.5 Å². The Bertz CT molecular complexity index is 1170. The highest BCUT2D eigenvalue weighted by atomic mass is 32.1. The first-order valence-corrected chi connectivity index (χ1v) is 10.7. The Morgan fingerprint density at radius 3 is 2.55 bits per heavy atom. The minimum atomic E-state index is -0.339. The minimum absolute atomic E-state index is 0.216. The number of amides is 1. The number of phenols is 1. The Balaban J connectivity index is 1.38. The summed E-state index contributed by atoms with van der Waals surface area (Å²) in [7, 11) is 0. The van der Waals surface area contributed by atoms with Crippen LogP contribution in [0.2, 0.25) is 0 Å². The molecule has 31 heavy (non-hydrogen) atoms. The number of hydrogen-bond donors (Lipinski definition) is 2. The van der Waals surface area contributed by atoms with Crippen LogP contribution in [0.3, 0.4) is 0 Å². The number of aromatic hydroxyl groups is 1. The third kappa shape index (κ3) is 5.19. The predicted octanol–water partition coefficient (Wildman–Crippen LogP) is 6.05. The number of phenolic OH excluding ortho intramolecular Hbond substituents is 1. The van der Waals surface area contributed by atoms with Crippen molar-refractivity contribution in [3.05, 3.63) is 72.3 Å². The molecule has 1 amide bonds. The van der Waals surface area contributed by atoms with Gasteiger partial charge in [-0.3, -0.25) is 9.18 Å². The number of halogens is 1. The topological polar surface area (TPSA) is 71.5 Å². The SMILES string of the molecule is O=C(Nc1ccc(-c2nc3ccc(O)cc3s2)cc1)c1ccc(OCCCCF)cc1. The second-order valence-electron chi connectivity index (χ2n) is 6.97. The van der Waals surface area contributed by atoms with Gasteiger partial charge in [0.1, 0.15) is 16.5 Å². The Labute approximate surface area is 183 Å². The van der Waals surface area contributed by atoms with Gasteiger partial charge in [0, 0.05) is 16.8 Å². The molecule has 0 aliphatic heterocycles. The third-order valence-corrected chi connectivity index (χ3v) is 5.74. The van der Waals surface area contributed by atoms with Gasteiger partial charge < -0.3 is 15.2 Å². The highest BCUT2D eigenvalue weighted by Gasteiger charge is 2.09. The fourth-order valence-corrected chi connectivity index (χ4v) is 4.03. The number of nitrogens with zero attached hydrogens (tertiary/aromatic N) is 1. The number of nitrogens with one attached hydrogen (secondary N) is 1. The predicted molar refractivity (Wildman–Crippen MR) is 122 cm³/mol. The fraction of sp³-hybridized carbons (Fsp3) is 0.167. The molecule has 0 aliphatic rings. The van der Waals surface area contributed by atoms with E-state index in [1.807, 2.05) is 24.3 Å². The zero-order chi connectivity index (χ0) is 21.6. The molecule has 0 bridgehead atoms. The molecule has 0 radical (unpaired) electrons. The highest BCUT2D eigenvalue weighted by molar-refractivity contribution is 7.21. The van der Waals surface area contributed by atoms with E-state index >= 15 is 0 Å². The van der Waals surface area contributed by atoms with Crippen molar-refractivity contribution in [2.45, 2.75) is 12.8 Å². The average Bonchev–Trinajstić information content (AvgIpc) is 3.21. The largest absolute Gasteiger partial charge is 0.508 e. The molecule has 0 spiro atoms. The van der Waals surface area contributed by atoms with Gasteiger partial charge in [-0.05, 0) is 79.6 Å². The molecule has 0 saturated heterocycles. The van der Waals surface area contributed by atoms with Gasteiger partial charge in [-0.15, -0.1) is 11.3 Å². The van der Waals surface area contributed by atoms with Gasteiger partial charge in [-0.1, -0.05) is 0 Å². The monoisotopic (exact) mass is 436 g/mol. The summed E-state index contributed by atoms with van der Waals surface area (Å²) in [6, 6.07) is 19.5. The zero-order valence-electron chi connectivity index (χ0n) is 16.7. The van der Waals surface area contributed by atoms with Crippen molar-refractivity contribution in [1.82, 2.24) is 4.98 Å². The van der Waals surface area contributed by atoms with Crippen molar-refractivity contribution < 1.29 is 19.0 Å². The van der Waals surface area contributed by atoms with E-state index in [1.165, 1.54) is 11.3 Å². The first-order valence-electron chi connectivity index (χ1n) is 9.92. The van der Waals surface area contributed by atoms with Crippen LogP contribution in [0.4, 0.5) is 10.1 Å². The van der Waals surface area contributed by atoms with Crippen LogP contribution >= 0.6 is 11.3 Å². The summed E-state index contributed by atoms with van der Waals surface area (Å²) in [4.78, 5) is 17.1. The van der Waals surface area contributed by atoms with Crippen LogP contribution in [0.25, 0.3) is 20.8 Å². The molecule has 158 valence electrons. The van der Waals surface area contributed by atoms with Gasteiger partial charge >= 0.3 is 0 Å². The molecule has 5 nitrogen and oxygen atoms in total. The summed E-state index contributed by atoms with van der Waals surface area (Å²) < 4.78 is 18.5. The number of anilines is 1. The van der Waals surface area contributed by atoms with Crippen molar-refractivity contribution in [3.63, 3.8) is 0 Å². The molecule has 0 saturated carbocycles. The fourth-order valence-electron chi connectivity index (χ4n) is 3.03. The molecule has 0 aliphatic carbocycles. The lowest BCUT2D eigenvalue weighted by atomic mass is 10.2. The molecule has 0 atom stereocenters. The molecule has 1 aromatic heterocycles. The summed E-state index contributed by atoms with van der Waals surface area (Å²) in [6.07, 6.45) is 1.15. The van der Waals surface area contributed by atoms with Crippen LogP contribution in [-0.2, 0) is 0 Å². The maximum atomic E-state index is 12.5. The van der Waals surface area contributed by atoms with Crippen molar-refractivity contribution in [3.8, 4) is 22.1 Å². The first kappa shape index (κ1) is 20.8. The number of rotatable bonds is 8. The molecule has 7 heteroatoms. The van der Waals surface area contributed by atoms with Gasteiger partial charge in [-0.2, -0.15) is 0 Å². The lowest BCUT2D eigenvalue weighted by Gasteiger charge is -2.08. The minimum Gasteiger partial charge on any atom is -0.508 e. The number of ether oxygens (including phenoxy) is 1. The summed E-state index contributed by atoms with van der Waals surface area (Å²) in [5, 5.41) is 13.3. The van der Waals surface area contributed by atoms with Gasteiger partial charge in [-0.25, -0.2) is 4.98 Å². The van der Waals surface area contributed by atoms with Crippen molar-refractivity contribution in [2.24, 2.45) is 0 Å². The molecule has 0 unspecified atom stereocenters. The second kappa shape index (κ2) is 9.57. The summed E-state index contributed by atoms with van der Waals surface area (Å²) in [5.74, 6) is 0.660. The number of carbonyl (C=O) groups excluding carboxylic acids is 1. The smallest absolute Gasteiger partial charge is 0.255 e. The molecular formula is C24H21FN2O3S. The normalized spacial score (nSPS) is 10.9. The van der Waals surface area contributed by atoms with Gasteiger partial charge in [0.25, 0.3) is 5.91 Å². The number of aromatic nitrogens is 1. The summed E-state index contributed by atoms with van der Waals surface area (Å²) in [6.45, 7) is 0.117. The van der Waals surface area contributed by atoms with Gasteiger partial charge in [0.05, 0.1) is 23.5 Å². The molecule has 3 aromatic carbocycles. The standard InChI is InChI=1S/C24H21FN2O3S/c25-13-1-2-14-30-20-10-5-16(6-11-20)23(29)26-18-7-3-17(4-8-18)24-27-21-12-9-19(28)15-22(21)31-24/h3-12,15,28H,1-2,13-14H2,(H,26,29). The summed E-state index contributed by atoms with van der Waals surface area (Å²) in [5.41, 5.74) is 2.98. The lowest BCUT2D eigenvalue weighted by molar-refractivity contribution is 0.102. The van der Waals surface area contributed by atoms with Gasteiger partial charge in [0.2, 0.25) is 0 Å². The van der Waals surface area contributed by atoms with E-state index in [2.05, 4.69) is 10.3 Å². The van der Waals surface area contributed by atoms with Gasteiger partial charge in [0.15, 0.2) is 0 Å². The number of benzene rings is 3. The number of unbranched alkanes of at least 4 members (excludes halogenated alkanes) is 1. The lowest BCUT2D eigenvalue weighted by Crippen LogP contribution is -2.11. The van der Waals surface area contributed by atoms with Crippen LogP contribution in [-0.4, -0.2) is 29.3 Å². The maximum absolute atomic E-state index is 12.5. The van der Waals surface area contributed by atoms with E-state index in [9.17, 15) is 14.3 Å². The molecule has 4 aromatic rings. The van der Waals surface area contributed by atoms with E-state index in [-0.39, 0.29) is 18.3 Å². The van der Waals surface area contributed by atoms with E-state index in [0.29, 0.717) is 36.4 Å². The zero-order valence-corrected chi connectivity index (χ0v) is 17.5. The molecule has 0 fully saturated rings. The molecule has 4 rings (SSSR count). The highest BCUT2D eigenvalue weighted by Crippen LogP contribution is 2.32. The number of alkyl halides is 1. The number of thiazole rings is 1. The number of hydrogen-bond acceptors (Lipinski definition) is 5. The Morgan fingerprint density at radius 2 is 1.81 bits per heavy atom. The van der Waals surface area contributed by atoms with Crippen LogP contribution in [0.1, 0.15) is 23.2 Å². The quantitative estimate of drug-likeness (QED) is 0.330. The first-order chi connectivity index (χ1) is 15.1. The van der Waals surface area contributed by atoms with Crippen molar-refractivity contribution in [2.75, 3.05) is 18.6 Å². The maximum Gasteiger partial charge on any atom is 0.255 e. The Hall–Kier alpha value is -3.45.